The molecule has 0 saturated heterocycles. The predicted molar refractivity (Wildman–Crippen MR) is 108 cm³/mol. The van der Waals surface area contributed by atoms with Crippen LogP contribution in [0.4, 0.5) is 11.8 Å². The Morgan fingerprint density at radius 3 is 2.62 bits per heavy atom. The van der Waals surface area contributed by atoms with Gasteiger partial charge in [-0.05, 0) is 39.7 Å². The average Bonchev–Trinajstić information content (AvgIpc) is 2.58. The van der Waals surface area contributed by atoms with E-state index in [1.807, 2.05) is 13.8 Å². The van der Waals surface area contributed by atoms with Gasteiger partial charge in [0.05, 0.1) is 16.1 Å². The number of halogens is 2. The molecule has 1 heterocycles. The largest absolute Gasteiger partial charge is 0.382 e. The Kier molecular flexibility index (Phi) is 7.03. The molecule has 8 heteroatoms. The lowest BCUT2D eigenvalue weighted by Gasteiger charge is -2.30. The predicted octanol–water partition coefficient (Wildman–Crippen LogP) is 4.82. The van der Waals surface area contributed by atoms with Crippen molar-refractivity contribution in [2.24, 2.45) is 0 Å². The maximum atomic E-state index is 6.24. The van der Waals surface area contributed by atoms with E-state index in [-0.39, 0.29) is 17.5 Å². The summed E-state index contributed by atoms with van der Waals surface area (Å²) in [4.78, 5) is 4.35. The first kappa shape index (κ1) is 20.7. The van der Waals surface area contributed by atoms with E-state index in [9.17, 15) is 0 Å². The Balaban J connectivity index is 2.19. The van der Waals surface area contributed by atoms with Crippen LogP contribution in [0.25, 0.3) is 11.3 Å². The highest BCUT2D eigenvalue weighted by Crippen LogP contribution is 2.34. The van der Waals surface area contributed by atoms with Crippen LogP contribution < -0.4 is 11.1 Å². The fraction of sp³-hybridized carbons (Fsp3) is 0.500. The number of nitrogens with one attached hydrogen (secondary N) is 1. The van der Waals surface area contributed by atoms with Gasteiger partial charge in [0.1, 0.15) is 5.69 Å². The molecule has 6 nitrogen and oxygen atoms in total. The van der Waals surface area contributed by atoms with Gasteiger partial charge in [-0.3, -0.25) is 0 Å². The number of rotatable bonds is 8. The second kappa shape index (κ2) is 8.84. The van der Waals surface area contributed by atoms with E-state index in [2.05, 4.69) is 34.3 Å². The van der Waals surface area contributed by atoms with E-state index in [0.29, 0.717) is 33.9 Å². The van der Waals surface area contributed by atoms with Crippen LogP contribution in [0.15, 0.2) is 18.2 Å². The van der Waals surface area contributed by atoms with Crippen LogP contribution in [0.2, 0.25) is 10.0 Å². The van der Waals surface area contributed by atoms with E-state index in [1.165, 1.54) is 0 Å². The molecule has 0 fully saturated rings. The van der Waals surface area contributed by atoms with Gasteiger partial charge in [-0.15, -0.1) is 10.2 Å². The topological polar surface area (TPSA) is 86.0 Å². The first-order chi connectivity index (χ1) is 12.3. The Hall–Kier alpha value is -1.63. The van der Waals surface area contributed by atoms with Crippen molar-refractivity contribution in [1.29, 1.82) is 0 Å². The summed E-state index contributed by atoms with van der Waals surface area (Å²) in [5.74, 6) is 0.613. The van der Waals surface area contributed by atoms with Crippen LogP contribution in [-0.4, -0.2) is 33.4 Å². The minimum atomic E-state index is -0.224. The Bertz CT molecular complexity index is 756. The third-order valence-electron chi connectivity index (χ3n) is 4.22. The number of ether oxygens (including phenoxy) is 1. The van der Waals surface area contributed by atoms with Crippen molar-refractivity contribution in [2.45, 2.75) is 52.2 Å². The molecule has 0 radical (unpaired) electrons. The third kappa shape index (κ3) is 5.19. The van der Waals surface area contributed by atoms with Crippen LogP contribution in [-0.2, 0) is 4.74 Å². The van der Waals surface area contributed by atoms with E-state index in [0.717, 1.165) is 12.8 Å². The molecule has 1 aromatic carbocycles. The quantitative estimate of drug-likeness (QED) is 0.663. The maximum Gasteiger partial charge on any atom is 0.245 e. The summed E-state index contributed by atoms with van der Waals surface area (Å²) in [7, 11) is 0. The summed E-state index contributed by atoms with van der Waals surface area (Å²) in [5, 5.41) is 12.5. The number of hydrogen-bond acceptors (Lipinski definition) is 6. The normalized spacial score (nSPS) is 13.7. The van der Waals surface area contributed by atoms with Crippen LogP contribution in [0.5, 0.6) is 0 Å². The lowest BCUT2D eigenvalue weighted by molar-refractivity contribution is 0.0677. The molecule has 2 aromatic rings. The molecule has 0 saturated carbocycles. The van der Waals surface area contributed by atoms with Crippen LogP contribution >= 0.6 is 23.2 Å². The minimum absolute atomic E-state index is 0.200. The zero-order chi connectivity index (χ0) is 19.3. The highest BCUT2D eigenvalue weighted by Gasteiger charge is 2.24. The molecule has 1 unspecified atom stereocenters. The second-order valence-electron chi connectivity index (χ2n) is 6.68. The van der Waals surface area contributed by atoms with Crippen molar-refractivity contribution in [3.05, 3.63) is 28.2 Å². The number of nitrogen functional groups attached to an aromatic ring is 1. The lowest BCUT2D eigenvalue weighted by atomic mass is 9.95. The van der Waals surface area contributed by atoms with Gasteiger partial charge in [-0.25, -0.2) is 0 Å². The fourth-order valence-corrected chi connectivity index (χ4v) is 2.78. The smallest absolute Gasteiger partial charge is 0.245 e. The molecule has 3 N–H and O–H groups in total. The summed E-state index contributed by atoms with van der Waals surface area (Å²) < 4.78 is 5.65. The summed E-state index contributed by atoms with van der Waals surface area (Å²) in [6.07, 6.45) is 1.89. The van der Waals surface area contributed by atoms with Gasteiger partial charge in [-0.1, -0.05) is 42.3 Å². The van der Waals surface area contributed by atoms with E-state index in [1.54, 1.807) is 18.2 Å². The zero-order valence-electron chi connectivity index (χ0n) is 15.5. The summed E-state index contributed by atoms with van der Waals surface area (Å²) in [5.41, 5.74) is 6.88. The molecule has 26 heavy (non-hydrogen) atoms. The molecule has 0 spiro atoms. The van der Waals surface area contributed by atoms with Crippen molar-refractivity contribution in [1.82, 2.24) is 15.2 Å². The summed E-state index contributed by atoms with van der Waals surface area (Å²) in [6.45, 7) is 8.87. The van der Waals surface area contributed by atoms with E-state index < -0.39 is 0 Å². The second-order valence-corrected chi connectivity index (χ2v) is 7.46. The molecule has 0 bridgehead atoms. The molecule has 0 aliphatic rings. The molecule has 0 aliphatic carbocycles. The standard InChI is InChI=1S/C18H25Cl2N5O/c1-5-18(4,9-10-26-11(2)3)23-17-22-16(21)15(24-25-17)12-7-6-8-13(19)14(12)20/h6-8,11H,5,9-10H2,1-4H3,(H3,21,22,23,25). The number of nitrogens with two attached hydrogens (primary N) is 1. The Labute approximate surface area is 164 Å². The van der Waals surface area contributed by atoms with Crippen molar-refractivity contribution >= 4 is 35.0 Å². The van der Waals surface area contributed by atoms with Crippen molar-refractivity contribution in [2.75, 3.05) is 17.7 Å². The number of aromatic nitrogens is 3. The maximum absolute atomic E-state index is 6.24. The monoisotopic (exact) mass is 397 g/mol. The van der Waals surface area contributed by atoms with Crippen molar-refractivity contribution in [3.8, 4) is 11.3 Å². The van der Waals surface area contributed by atoms with Crippen molar-refractivity contribution in [3.63, 3.8) is 0 Å². The highest BCUT2D eigenvalue weighted by atomic mass is 35.5. The highest BCUT2D eigenvalue weighted by molar-refractivity contribution is 6.43. The number of benzene rings is 1. The summed E-state index contributed by atoms with van der Waals surface area (Å²) in [6, 6.07) is 5.26. The van der Waals surface area contributed by atoms with Crippen LogP contribution in [0.1, 0.15) is 40.5 Å². The third-order valence-corrected chi connectivity index (χ3v) is 5.04. The molecule has 1 atom stereocenters. The average molecular weight is 398 g/mol. The van der Waals surface area contributed by atoms with Gasteiger partial charge in [0.2, 0.25) is 5.95 Å². The number of nitrogens with zero attached hydrogens (tertiary/aromatic N) is 3. The van der Waals surface area contributed by atoms with E-state index >= 15 is 0 Å². The fourth-order valence-electron chi connectivity index (χ4n) is 2.39. The Morgan fingerprint density at radius 2 is 2.00 bits per heavy atom. The molecular formula is C18H25Cl2N5O. The molecule has 1 aromatic heterocycles. The Morgan fingerprint density at radius 1 is 1.27 bits per heavy atom. The van der Waals surface area contributed by atoms with Gasteiger partial charge in [-0.2, -0.15) is 4.98 Å². The van der Waals surface area contributed by atoms with Gasteiger partial charge in [0.25, 0.3) is 0 Å². The first-order valence-corrected chi connectivity index (χ1v) is 9.35. The van der Waals surface area contributed by atoms with Crippen molar-refractivity contribution < 1.29 is 4.74 Å². The van der Waals surface area contributed by atoms with Gasteiger partial charge in [0.15, 0.2) is 5.82 Å². The number of hydrogen-bond donors (Lipinski definition) is 2. The first-order valence-electron chi connectivity index (χ1n) is 8.60. The van der Waals surface area contributed by atoms with Gasteiger partial charge >= 0.3 is 0 Å². The van der Waals surface area contributed by atoms with Gasteiger partial charge in [0, 0.05) is 17.7 Å². The lowest BCUT2D eigenvalue weighted by Crippen LogP contribution is -2.36. The van der Waals surface area contributed by atoms with Crippen LogP contribution in [0, 0.1) is 0 Å². The number of anilines is 2. The molecule has 2 rings (SSSR count). The molecule has 142 valence electrons. The minimum Gasteiger partial charge on any atom is -0.382 e. The molecule has 0 amide bonds. The molecule has 0 aliphatic heterocycles. The summed E-state index contributed by atoms with van der Waals surface area (Å²) >= 11 is 12.3. The van der Waals surface area contributed by atoms with E-state index in [4.69, 9.17) is 33.7 Å². The van der Waals surface area contributed by atoms with Crippen LogP contribution in [0.3, 0.4) is 0 Å². The van der Waals surface area contributed by atoms with Gasteiger partial charge < -0.3 is 15.8 Å². The SMILES string of the molecule is CCC(C)(CCOC(C)C)Nc1nnc(-c2cccc(Cl)c2Cl)c(N)n1. The molecular weight excluding hydrogens is 373 g/mol. The zero-order valence-corrected chi connectivity index (χ0v) is 17.0.